The molecule has 3 rings (SSSR count). The van der Waals surface area contributed by atoms with Crippen molar-refractivity contribution in [2.45, 2.75) is 38.1 Å². The average molecular weight is 265 g/mol. The van der Waals surface area contributed by atoms with E-state index in [9.17, 15) is 10.5 Å². The largest absolute Gasteiger partial charge is 0.294 e. The van der Waals surface area contributed by atoms with Crippen LogP contribution in [0.5, 0.6) is 0 Å². The Morgan fingerprint density at radius 2 is 1.65 bits per heavy atom. The Hall–Kier alpha value is -1.84. The number of likely N-dealkylation sites (tertiary alicyclic amines) is 1. The van der Waals surface area contributed by atoms with Gasteiger partial charge in [-0.1, -0.05) is 37.1 Å². The van der Waals surface area contributed by atoms with Crippen LogP contribution in [0.4, 0.5) is 0 Å². The van der Waals surface area contributed by atoms with Gasteiger partial charge in [0, 0.05) is 6.42 Å². The van der Waals surface area contributed by atoms with Crippen LogP contribution in [0.2, 0.25) is 0 Å². The highest BCUT2D eigenvalue weighted by Gasteiger charge is 2.49. The lowest BCUT2D eigenvalue weighted by Gasteiger charge is -2.33. The molecule has 1 aromatic carbocycles. The summed E-state index contributed by atoms with van der Waals surface area (Å²) in [6.07, 6.45) is 5.43. The quantitative estimate of drug-likeness (QED) is 0.783. The average Bonchev–Trinajstić information content (AvgIpc) is 2.63. The maximum Gasteiger partial charge on any atom is 0.167 e. The second kappa shape index (κ2) is 5.27. The minimum absolute atomic E-state index is 0.0493. The summed E-state index contributed by atoms with van der Waals surface area (Å²) in [4.78, 5) is 2.38. The van der Waals surface area contributed by atoms with Crippen LogP contribution in [0.15, 0.2) is 24.3 Å². The zero-order valence-electron chi connectivity index (χ0n) is 11.7. The molecule has 1 heterocycles. The molecule has 0 N–H and O–H groups in total. The molecule has 0 radical (unpaired) electrons. The summed E-state index contributed by atoms with van der Waals surface area (Å²) in [6, 6.07) is 12.8. The topological polar surface area (TPSA) is 50.8 Å². The molecule has 3 nitrogen and oxygen atoms in total. The van der Waals surface area contributed by atoms with Crippen molar-refractivity contribution in [1.82, 2.24) is 4.90 Å². The lowest BCUT2D eigenvalue weighted by atomic mass is 9.83. The highest BCUT2D eigenvalue weighted by Crippen LogP contribution is 2.48. The van der Waals surface area contributed by atoms with E-state index in [0.29, 0.717) is 6.42 Å². The zero-order chi connectivity index (χ0) is 14.0. The van der Waals surface area contributed by atoms with E-state index in [0.717, 1.165) is 13.1 Å². The number of nitrogens with zero attached hydrogens (tertiary/aromatic N) is 3. The minimum Gasteiger partial charge on any atom is -0.294 e. The van der Waals surface area contributed by atoms with Gasteiger partial charge in [-0.2, -0.15) is 10.5 Å². The Morgan fingerprint density at radius 3 is 2.30 bits per heavy atom. The first-order chi connectivity index (χ1) is 9.80. The number of fused-ring (bicyclic) bond motifs is 1. The fraction of sp³-hybridized carbons (Fsp3) is 0.529. The Morgan fingerprint density at radius 1 is 1.00 bits per heavy atom. The normalized spacial score (nSPS) is 25.2. The highest BCUT2D eigenvalue weighted by atomic mass is 15.2. The monoisotopic (exact) mass is 265 g/mol. The van der Waals surface area contributed by atoms with Crippen molar-refractivity contribution in [2.75, 3.05) is 13.1 Å². The van der Waals surface area contributed by atoms with E-state index in [1.165, 1.54) is 36.8 Å². The molecule has 0 amide bonds. The number of nitriles is 2. The lowest BCUT2D eigenvalue weighted by molar-refractivity contribution is 0.149. The molecule has 3 heteroatoms. The van der Waals surface area contributed by atoms with E-state index < -0.39 is 5.41 Å². The predicted molar refractivity (Wildman–Crippen MR) is 76.6 cm³/mol. The molecule has 2 aliphatic rings. The van der Waals surface area contributed by atoms with E-state index in [1.54, 1.807) is 0 Å². The van der Waals surface area contributed by atoms with Gasteiger partial charge in [-0.25, -0.2) is 0 Å². The van der Waals surface area contributed by atoms with Gasteiger partial charge in [-0.15, -0.1) is 0 Å². The van der Waals surface area contributed by atoms with E-state index in [-0.39, 0.29) is 6.04 Å². The van der Waals surface area contributed by atoms with Crippen LogP contribution in [0.1, 0.15) is 42.9 Å². The Labute approximate surface area is 120 Å². The maximum atomic E-state index is 9.66. The number of rotatable bonds is 1. The third-order valence-corrected chi connectivity index (χ3v) is 4.69. The summed E-state index contributed by atoms with van der Waals surface area (Å²) < 4.78 is 0. The summed E-state index contributed by atoms with van der Waals surface area (Å²) in [5.74, 6) is 0. The van der Waals surface area contributed by atoms with Gasteiger partial charge in [0.25, 0.3) is 0 Å². The van der Waals surface area contributed by atoms with Crippen molar-refractivity contribution in [2.24, 2.45) is 5.41 Å². The summed E-state index contributed by atoms with van der Waals surface area (Å²) >= 11 is 0. The molecule has 0 spiro atoms. The van der Waals surface area contributed by atoms with Gasteiger partial charge in [0.05, 0.1) is 18.2 Å². The molecule has 1 aliphatic heterocycles. The molecule has 20 heavy (non-hydrogen) atoms. The molecule has 1 fully saturated rings. The van der Waals surface area contributed by atoms with Crippen LogP contribution in [0, 0.1) is 28.1 Å². The predicted octanol–water partition coefficient (Wildman–Crippen LogP) is 3.19. The van der Waals surface area contributed by atoms with Gasteiger partial charge >= 0.3 is 0 Å². The molecule has 1 aliphatic carbocycles. The fourth-order valence-corrected chi connectivity index (χ4v) is 3.71. The minimum atomic E-state index is -0.909. The van der Waals surface area contributed by atoms with Crippen LogP contribution >= 0.6 is 0 Å². The number of benzene rings is 1. The van der Waals surface area contributed by atoms with E-state index in [4.69, 9.17) is 0 Å². The Kier molecular flexibility index (Phi) is 3.47. The van der Waals surface area contributed by atoms with Gasteiger partial charge in [0.15, 0.2) is 5.41 Å². The van der Waals surface area contributed by atoms with Crippen molar-refractivity contribution in [1.29, 1.82) is 10.5 Å². The molecular formula is C17H19N3. The first-order valence-corrected chi connectivity index (χ1v) is 7.45. The van der Waals surface area contributed by atoms with Crippen LogP contribution in [0.25, 0.3) is 0 Å². The van der Waals surface area contributed by atoms with Crippen molar-refractivity contribution in [3.8, 4) is 12.1 Å². The van der Waals surface area contributed by atoms with E-state index >= 15 is 0 Å². The molecular weight excluding hydrogens is 246 g/mol. The van der Waals surface area contributed by atoms with Crippen molar-refractivity contribution in [3.63, 3.8) is 0 Å². The van der Waals surface area contributed by atoms with Gasteiger partial charge < -0.3 is 0 Å². The highest BCUT2D eigenvalue weighted by molar-refractivity contribution is 5.44. The second-order valence-corrected chi connectivity index (χ2v) is 5.92. The molecule has 1 unspecified atom stereocenters. The SMILES string of the molecule is N#CC1(C#N)Cc2ccccc2C1N1CCCCCC1. The van der Waals surface area contributed by atoms with Gasteiger partial charge in [0.1, 0.15) is 0 Å². The maximum absolute atomic E-state index is 9.66. The van der Waals surface area contributed by atoms with E-state index in [1.807, 2.05) is 12.1 Å². The van der Waals surface area contributed by atoms with Crippen LogP contribution < -0.4 is 0 Å². The molecule has 1 aromatic rings. The molecule has 1 atom stereocenters. The first kappa shape index (κ1) is 13.2. The van der Waals surface area contributed by atoms with E-state index in [2.05, 4.69) is 29.2 Å². The standard InChI is InChI=1S/C17H19N3/c18-12-17(13-19)11-14-7-3-4-8-15(14)16(17)20-9-5-1-2-6-10-20/h3-4,7-8,16H,1-2,5-6,9-11H2. The third-order valence-electron chi connectivity index (χ3n) is 4.69. The van der Waals surface area contributed by atoms with Crippen LogP contribution in [-0.2, 0) is 6.42 Å². The molecule has 0 aromatic heterocycles. The fourth-order valence-electron chi connectivity index (χ4n) is 3.71. The smallest absolute Gasteiger partial charge is 0.167 e. The lowest BCUT2D eigenvalue weighted by Crippen LogP contribution is -2.38. The Bertz CT molecular complexity index is 557. The summed E-state index contributed by atoms with van der Waals surface area (Å²) in [5.41, 5.74) is 1.45. The van der Waals surface area contributed by atoms with Crippen molar-refractivity contribution < 1.29 is 0 Å². The molecule has 1 saturated heterocycles. The summed E-state index contributed by atoms with van der Waals surface area (Å²) in [7, 11) is 0. The summed E-state index contributed by atoms with van der Waals surface area (Å²) in [6.45, 7) is 2.01. The van der Waals surface area contributed by atoms with Crippen LogP contribution in [0.3, 0.4) is 0 Å². The second-order valence-electron chi connectivity index (χ2n) is 5.92. The van der Waals surface area contributed by atoms with Crippen molar-refractivity contribution >= 4 is 0 Å². The Balaban J connectivity index is 2.04. The zero-order valence-corrected chi connectivity index (χ0v) is 11.7. The van der Waals surface area contributed by atoms with Gasteiger partial charge in [0.2, 0.25) is 0 Å². The van der Waals surface area contributed by atoms with Crippen LogP contribution in [-0.4, -0.2) is 18.0 Å². The number of hydrogen-bond acceptors (Lipinski definition) is 3. The van der Waals surface area contributed by atoms with Gasteiger partial charge in [-0.05, 0) is 37.1 Å². The molecule has 102 valence electrons. The third kappa shape index (κ3) is 1.99. The molecule has 0 bridgehead atoms. The molecule has 0 saturated carbocycles. The first-order valence-electron chi connectivity index (χ1n) is 7.45. The van der Waals surface area contributed by atoms with Crippen molar-refractivity contribution in [3.05, 3.63) is 35.4 Å². The van der Waals surface area contributed by atoms with Gasteiger partial charge in [-0.3, -0.25) is 4.90 Å². The summed E-state index contributed by atoms with van der Waals surface area (Å²) in [5, 5.41) is 19.3. The number of hydrogen-bond donors (Lipinski definition) is 0.